The molecule has 1 fully saturated rings. The van der Waals surface area contributed by atoms with Gasteiger partial charge in [-0.15, -0.1) is 0 Å². The third-order valence-corrected chi connectivity index (χ3v) is 6.15. The van der Waals surface area contributed by atoms with E-state index in [0.29, 0.717) is 12.5 Å². The van der Waals surface area contributed by atoms with Crippen LogP contribution in [0.25, 0.3) is 22.3 Å². The normalized spacial score (nSPS) is 14.6. The van der Waals surface area contributed by atoms with Gasteiger partial charge in [-0.1, -0.05) is 12.1 Å². The summed E-state index contributed by atoms with van der Waals surface area (Å²) in [6, 6.07) is 12.4. The Morgan fingerprint density at radius 3 is 2.62 bits per heavy atom. The molecule has 176 valence electrons. The van der Waals surface area contributed by atoms with Crippen LogP contribution in [-0.2, 0) is 11.3 Å². The summed E-state index contributed by atoms with van der Waals surface area (Å²) in [7, 11) is 1.68. The molecule has 4 heterocycles. The highest BCUT2D eigenvalue weighted by molar-refractivity contribution is 6.00. The molecular formula is C26H30N6O2. The number of benzene rings is 1. The SMILES string of the molecule is COc1ccc(Cn2nc(-c3cc(C4CCOCC4)ncn3)c3c(NC(C)C)nccc32)cc1. The maximum atomic E-state index is 5.54. The Bertz CT molecular complexity index is 1260. The number of nitrogens with one attached hydrogen (secondary N) is 1. The van der Waals surface area contributed by atoms with Crippen LogP contribution in [-0.4, -0.2) is 51.1 Å². The Morgan fingerprint density at radius 2 is 1.88 bits per heavy atom. The molecule has 1 saturated heterocycles. The molecule has 1 aromatic carbocycles. The molecule has 34 heavy (non-hydrogen) atoms. The Morgan fingerprint density at radius 1 is 1.09 bits per heavy atom. The number of hydrogen-bond donors (Lipinski definition) is 1. The monoisotopic (exact) mass is 458 g/mol. The first-order valence-corrected chi connectivity index (χ1v) is 11.8. The topological polar surface area (TPSA) is 87.0 Å². The van der Waals surface area contributed by atoms with Crippen LogP contribution in [0.15, 0.2) is 48.9 Å². The Kier molecular flexibility index (Phi) is 6.40. The maximum absolute atomic E-state index is 5.54. The Hall–Kier alpha value is -3.52. The van der Waals surface area contributed by atoms with Crippen LogP contribution in [0, 0.1) is 0 Å². The van der Waals surface area contributed by atoms with Crippen LogP contribution >= 0.6 is 0 Å². The van der Waals surface area contributed by atoms with Gasteiger partial charge in [0.2, 0.25) is 0 Å². The molecule has 0 unspecified atom stereocenters. The first-order chi connectivity index (χ1) is 16.6. The van der Waals surface area contributed by atoms with Gasteiger partial charge in [-0.2, -0.15) is 5.10 Å². The molecule has 1 N–H and O–H groups in total. The van der Waals surface area contributed by atoms with Crippen molar-refractivity contribution in [2.45, 2.75) is 45.2 Å². The van der Waals surface area contributed by atoms with Gasteiger partial charge in [-0.3, -0.25) is 4.68 Å². The van der Waals surface area contributed by atoms with Crippen LogP contribution < -0.4 is 10.1 Å². The number of nitrogens with zero attached hydrogens (tertiary/aromatic N) is 5. The van der Waals surface area contributed by atoms with E-state index in [0.717, 1.165) is 71.2 Å². The van der Waals surface area contributed by atoms with E-state index in [4.69, 9.17) is 14.6 Å². The predicted octanol–water partition coefficient (Wildman–Crippen LogP) is 4.66. The van der Waals surface area contributed by atoms with Crippen molar-refractivity contribution in [1.29, 1.82) is 0 Å². The molecule has 8 heteroatoms. The summed E-state index contributed by atoms with van der Waals surface area (Å²) < 4.78 is 12.9. The lowest BCUT2D eigenvalue weighted by atomic mass is 9.95. The summed E-state index contributed by atoms with van der Waals surface area (Å²) >= 11 is 0. The summed E-state index contributed by atoms with van der Waals surface area (Å²) in [5.74, 6) is 2.04. The fourth-order valence-corrected chi connectivity index (χ4v) is 4.43. The van der Waals surface area contributed by atoms with Crippen molar-refractivity contribution in [2.75, 3.05) is 25.6 Å². The van der Waals surface area contributed by atoms with E-state index in [-0.39, 0.29) is 6.04 Å². The molecule has 0 bridgehead atoms. The summed E-state index contributed by atoms with van der Waals surface area (Å²) in [5.41, 5.74) is 4.83. The van der Waals surface area contributed by atoms with Gasteiger partial charge in [0, 0.05) is 37.1 Å². The van der Waals surface area contributed by atoms with E-state index in [9.17, 15) is 0 Å². The van der Waals surface area contributed by atoms with Gasteiger partial charge in [0.15, 0.2) is 0 Å². The van der Waals surface area contributed by atoms with Gasteiger partial charge < -0.3 is 14.8 Å². The molecule has 1 aliphatic heterocycles. The number of ether oxygens (including phenoxy) is 2. The summed E-state index contributed by atoms with van der Waals surface area (Å²) in [6.07, 6.45) is 5.44. The highest BCUT2D eigenvalue weighted by atomic mass is 16.5. The standard InChI is InChI=1S/C26H30N6O2/c1-17(2)30-26-24-23(8-11-27-26)32(15-18-4-6-20(33-3)7-5-18)31-25(24)22-14-21(28-16-29-22)19-9-12-34-13-10-19/h4-8,11,14,16-17,19H,9-10,12-13,15H2,1-3H3,(H,27,30). The van der Waals surface area contributed by atoms with Crippen LogP contribution in [0.3, 0.4) is 0 Å². The lowest BCUT2D eigenvalue weighted by molar-refractivity contribution is 0.0845. The van der Waals surface area contributed by atoms with Crippen molar-refractivity contribution in [3.05, 3.63) is 60.2 Å². The molecule has 0 radical (unpaired) electrons. The Balaban J connectivity index is 1.60. The minimum Gasteiger partial charge on any atom is -0.497 e. The van der Waals surface area contributed by atoms with Crippen LogP contribution in [0.5, 0.6) is 5.75 Å². The number of methoxy groups -OCH3 is 1. The molecule has 0 amide bonds. The highest BCUT2D eigenvalue weighted by Gasteiger charge is 2.22. The molecule has 1 aliphatic rings. The second kappa shape index (κ2) is 9.77. The average Bonchev–Trinajstić information content (AvgIpc) is 3.24. The van der Waals surface area contributed by atoms with Gasteiger partial charge >= 0.3 is 0 Å². The zero-order valence-corrected chi connectivity index (χ0v) is 19.9. The van der Waals surface area contributed by atoms with Crippen molar-refractivity contribution in [3.8, 4) is 17.1 Å². The van der Waals surface area contributed by atoms with E-state index in [1.807, 2.05) is 29.1 Å². The first-order valence-electron chi connectivity index (χ1n) is 11.8. The van der Waals surface area contributed by atoms with Crippen LogP contribution in [0.2, 0.25) is 0 Å². The average molecular weight is 459 g/mol. The number of hydrogen-bond acceptors (Lipinski definition) is 7. The second-order valence-corrected chi connectivity index (χ2v) is 8.92. The van der Waals surface area contributed by atoms with Crippen molar-refractivity contribution in [2.24, 2.45) is 0 Å². The van der Waals surface area contributed by atoms with Gasteiger partial charge in [0.25, 0.3) is 0 Å². The summed E-state index contributed by atoms with van der Waals surface area (Å²) in [4.78, 5) is 13.9. The lowest BCUT2D eigenvalue weighted by Crippen LogP contribution is -2.15. The predicted molar refractivity (Wildman–Crippen MR) is 132 cm³/mol. The fourth-order valence-electron chi connectivity index (χ4n) is 4.43. The number of fused-ring (bicyclic) bond motifs is 1. The van der Waals surface area contributed by atoms with E-state index < -0.39 is 0 Å². The highest BCUT2D eigenvalue weighted by Crippen LogP contribution is 2.34. The number of aromatic nitrogens is 5. The number of anilines is 1. The zero-order chi connectivity index (χ0) is 23.5. The molecule has 0 saturated carbocycles. The van der Waals surface area contributed by atoms with Crippen molar-refractivity contribution in [3.63, 3.8) is 0 Å². The van der Waals surface area contributed by atoms with Crippen molar-refractivity contribution < 1.29 is 9.47 Å². The summed E-state index contributed by atoms with van der Waals surface area (Å²) in [5, 5.41) is 9.50. The van der Waals surface area contributed by atoms with E-state index in [1.165, 1.54) is 0 Å². The van der Waals surface area contributed by atoms with E-state index in [2.05, 4.69) is 52.3 Å². The van der Waals surface area contributed by atoms with E-state index >= 15 is 0 Å². The van der Waals surface area contributed by atoms with Crippen molar-refractivity contribution >= 4 is 16.7 Å². The largest absolute Gasteiger partial charge is 0.497 e. The third-order valence-electron chi connectivity index (χ3n) is 6.15. The van der Waals surface area contributed by atoms with Crippen LogP contribution in [0.1, 0.15) is 43.9 Å². The minimum atomic E-state index is 0.235. The molecule has 3 aromatic heterocycles. The van der Waals surface area contributed by atoms with Gasteiger partial charge in [-0.05, 0) is 56.5 Å². The van der Waals surface area contributed by atoms with Crippen LogP contribution in [0.4, 0.5) is 5.82 Å². The van der Waals surface area contributed by atoms with E-state index in [1.54, 1.807) is 13.4 Å². The van der Waals surface area contributed by atoms with Gasteiger partial charge in [0.1, 0.15) is 23.6 Å². The third kappa shape index (κ3) is 4.59. The van der Waals surface area contributed by atoms with Gasteiger partial charge in [0.05, 0.1) is 30.3 Å². The molecule has 4 aromatic rings. The number of pyridine rings is 1. The lowest BCUT2D eigenvalue weighted by Gasteiger charge is -2.21. The maximum Gasteiger partial charge on any atom is 0.137 e. The number of rotatable bonds is 7. The molecule has 8 nitrogen and oxygen atoms in total. The molecular weight excluding hydrogens is 428 g/mol. The summed E-state index contributed by atoms with van der Waals surface area (Å²) in [6.45, 7) is 6.39. The second-order valence-electron chi connectivity index (χ2n) is 8.92. The zero-order valence-electron chi connectivity index (χ0n) is 19.9. The molecule has 0 atom stereocenters. The quantitative estimate of drug-likeness (QED) is 0.431. The molecule has 0 spiro atoms. The fraction of sp³-hybridized carbons (Fsp3) is 0.385. The molecule has 5 rings (SSSR count). The first kappa shape index (κ1) is 22.3. The Labute approximate surface area is 199 Å². The smallest absolute Gasteiger partial charge is 0.137 e. The van der Waals surface area contributed by atoms with Gasteiger partial charge in [-0.25, -0.2) is 15.0 Å². The molecule has 0 aliphatic carbocycles. The van der Waals surface area contributed by atoms with Crippen molar-refractivity contribution in [1.82, 2.24) is 24.7 Å². The minimum absolute atomic E-state index is 0.235.